The normalized spacial score (nSPS) is 21.4. The van der Waals surface area contributed by atoms with Crippen LogP contribution in [0, 0.1) is 0 Å². The van der Waals surface area contributed by atoms with Crippen molar-refractivity contribution in [2.24, 2.45) is 0 Å². The van der Waals surface area contributed by atoms with E-state index in [1.54, 1.807) is 6.92 Å². The van der Waals surface area contributed by atoms with E-state index in [1.165, 1.54) is 13.1 Å². The molecule has 0 aromatic heterocycles. The highest BCUT2D eigenvalue weighted by Crippen LogP contribution is 2.17. The van der Waals surface area contributed by atoms with Gasteiger partial charge < -0.3 is 9.47 Å². The lowest BCUT2D eigenvalue weighted by Crippen LogP contribution is -2.41. The number of carbonyl (C=O) groups excluding carboxylic acids is 1. The van der Waals surface area contributed by atoms with Crippen LogP contribution in [-0.4, -0.2) is 46.5 Å². The molecule has 0 radical (unpaired) electrons. The van der Waals surface area contributed by atoms with Crippen molar-refractivity contribution in [1.29, 1.82) is 0 Å². The minimum absolute atomic E-state index is 0.0339. The van der Waals surface area contributed by atoms with Crippen LogP contribution in [-0.2, 0) is 24.3 Å². The molecular formula is C9H15NO5S. The Hall–Kier alpha value is -0.920. The van der Waals surface area contributed by atoms with Crippen LogP contribution < -0.4 is 4.72 Å². The predicted octanol–water partition coefficient (Wildman–Crippen LogP) is -0.576. The summed E-state index contributed by atoms with van der Waals surface area (Å²) >= 11 is 0. The van der Waals surface area contributed by atoms with E-state index < -0.39 is 21.2 Å². The molecule has 92 valence electrons. The molecule has 1 heterocycles. The SMILES string of the molecule is CCOC(=O)C1=CCOCC1S(=O)(=O)NC. The number of carbonyl (C=O) groups is 1. The summed E-state index contributed by atoms with van der Waals surface area (Å²) in [5, 5.41) is -0.995. The highest BCUT2D eigenvalue weighted by atomic mass is 32.2. The molecule has 16 heavy (non-hydrogen) atoms. The zero-order valence-corrected chi connectivity index (χ0v) is 10.0. The molecule has 1 N–H and O–H groups in total. The first-order valence-corrected chi connectivity index (χ1v) is 6.44. The van der Waals surface area contributed by atoms with E-state index in [0.717, 1.165) is 0 Å². The first-order chi connectivity index (χ1) is 7.53. The van der Waals surface area contributed by atoms with E-state index in [-0.39, 0.29) is 25.4 Å². The van der Waals surface area contributed by atoms with Gasteiger partial charge in [0, 0.05) is 0 Å². The topological polar surface area (TPSA) is 81.7 Å². The number of sulfonamides is 1. The number of rotatable bonds is 4. The lowest BCUT2D eigenvalue weighted by Gasteiger charge is -2.22. The van der Waals surface area contributed by atoms with E-state index in [1.807, 2.05) is 0 Å². The van der Waals surface area contributed by atoms with Crippen molar-refractivity contribution < 1.29 is 22.7 Å². The molecule has 1 rings (SSSR count). The van der Waals surface area contributed by atoms with E-state index in [9.17, 15) is 13.2 Å². The van der Waals surface area contributed by atoms with Crippen LogP contribution in [0.2, 0.25) is 0 Å². The van der Waals surface area contributed by atoms with Crippen molar-refractivity contribution in [3.8, 4) is 0 Å². The second-order valence-corrected chi connectivity index (χ2v) is 5.22. The highest BCUT2D eigenvalue weighted by molar-refractivity contribution is 7.90. The second kappa shape index (κ2) is 5.42. The van der Waals surface area contributed by atoms with E-state index in [4.69, 9.17) is 9.47 Å². The molecule has 0 bridgehead atoms. The molecule has 1 atom stereocenters. The molecule has 0 amide bonds. The summed E-state index contributed by atoms with van der Waals surface area (Å²) in [4.78, 5) is 11.5. The summed E-state index contributed by atoms with van der Waals surface area (Å²) in [5.74, 6) is -0.602. The van der Waals surface area contributed by atoms with Gasteiger partial charge in [0.2, 0.25) is 10.0 Å². The summed E-state index contributed by atoms with van der Waals surface area (Å²) in [6.07, 6.45) is 1.45. The van der Waals surface area contributed by atoms with Crippen LogP contribution in [0.4, 0.5) is 0 Å². The van der Waals surface area contributed by atoms with Gasteiger partial charge in [-0.1, -0.05) is 0 Å². The van der Waals surface area contributed by atoms with Gasteiger partial charge in [-0.05, 0) is 20.0 Å². The van der Waals surface area contributed by atoms with Crippen LogP contribution in [0.3, 0.4) is 0 Å². The maximum Gasteiger partial charge on any atom is 0.335 e. The fraction of sp³-hybridized carbons (Fsp3) is 0.667. The molecule has 1 aliphatic heterocycles. The first kappa shape index (κ1) is 13.1. The fourth-order valence-electron chi connectivity index (χ4n) is 1.37. The summed E-state index contributed by atoms with van der Waals surface area (Å²) in [7, 11) is -2.28. The average Bonchev–Trinajstić information content (AvgIpc) is 2.29. The zero-order chi connectivity index (χ0) is 12.2. The van der Waals surface area contributed by atoms with Gasteiger partial charge in [-0.3, -0.25) is 0 Å². The quantitative estimate of drug-likeness (QED) is 0.674. The van der Waals surface area contributed by atoms with Gasteiger partial charge in [-0.25, -0.2) is 17.9 Å². The van der Waals surface area contributed by atoms with Gasteiger partial charge in [0.1, 0.15) is 5.25 Å². The number of esters is 1. The molecule has 7 heteroatoms. The highest BCUT2D eigenvalue weighted by Gasteiger charge is 2.34. The summed E-state index contributed by atoms with van der Waals surface area (Å²) < 4.78 is 35.3. The van der Waals surface area contributed by atoms with Crippen molar-refractivity contribution in [3.63, 3.8) is 0 Å². The Morgan fingerprint density at radius 3 is 2.94 bits per heavy atom. The third kappa shape index (κ3) is 2.81. The van der Waals surface area contributed by atoms with Gasteiger partial charge in [0.05, 0.1) is 25.4 Å². The van der Waals surface area contributed by atoms with Gasteiger partial charge in [-0.15, -0.1) is 0 Å². The van der Waals surface area contributed by atoms with Crippen molar-refractivity contribution in [2.75, 3.05) is 26.9 Å². The Labute approximate surface area is 94.7 Å². The van der Waals surface area contributed by atoms with E-state index in [2.05, 4.69) is 4.72 Å². The molecule has 0 spiro atoms. The van der Waals surface area contributed by atoms with Crippen molar-refractivity contribution in [2.45, 2.75) is 12.2 Å². The molecule has 0 aromatic rings. The minimum atomic E-state index is -3.58. The maximum atomic E-state index is 11.6. The lowest BCUT2D eigenvalue weighted by molar-refractivity contribution is -0.139. The zero-order valence-electron chi connectivity index (χ0n) is 9.23. The third-order valence-electron chi connectivity index (χ3n) is 2.21. The fourth-order valence-corrected chi connectivity index (χ4v) is 2.46. The largest absolute Gasteiger partial charge is 0.463 e. The standard InChI is InChI=1S/C9H15NO5S/c1-3-15-9(11)7-4-5-14-6-8(7)16(12,13)10-2/h4,8,10H,3,5-6H2,1-2H3. The number of hydrogen-bond acceptors (Lipinski definition) is 5. The van der Waals surface area contributed by atoms with Gasteiger partial charge in [0.25, 0.3) is 0 Å². The average molecular weight is 249 g/mol. The molecule has 6 nitrogen and oxygen atoms in total. The minimum Gasteiger partial charge on any atom is -0.463 e. The Morgan fingerprint density at radius 1 is 1.69 bits per heavy atom. The summed E-state index contributed by atoms with van der Waals surface area (Å²) in [6.45, 7) is 2.07. The van der Waals surface area contributed by atoms with Gasteiger partial charge in [0.15, 0.2) is 0 Å². The molecule has 0 aliphatic carbocycles. The molecule has 0 saturated heterocycles. The molecule has 0 fully saturated rings. The first-order valence-electron chi connectivity index (χ1n) is 4.90. The predicted molar refractivity (Wildman–Crippen MR) is 57.3 cm³/mol. The summed E-state index contributed by atoms with van der Waals surface area (Å²) in [5.41, 5.74) is 0.141. The monoisotopic (exact) mass is 249 g/mol. The van der Waals surface area contributed by atoms with Crippen molar-refractivity contribution in [3.05, 3.63) is 11.6 Å². The van der Waals surface area contributed by atoms with Crippen LogP contribution in [0.5, 0.6) is 0 Å². The third-order valence-corrected chi connectivity index (χ3v) is 3.92. The van der Waals surface area contributed by atoms with Gasteiger partial charge >= 0.3 is 5.97 Å². The Morgan fingerprint density at radius 2 is 2.38 bits per heavy atom. The van der Waals surface area contributed by atoms with E-state index >= 15 is 0 Å². The summed E-state index contributed by atoms with van der Waals surface area (Å²) in [6, 6.07) is 0. The van der Waals surface area contributed by atoms with E-state index in [0.29, 0.717) is 0 Å². The molecular weight excluding hydrogens is 234 g/mol. The Kier molecular flexibility index (Phi) is 4.45. The molecule has 1 unspecified atom stereocenters. The Balaban J connectivity index is 2.96. The molecule has 0 saturated carbocycles. The van der Waals surface area contributed by atoms with Crippen LogP contribution in [0.1, 0.15) is 6.92 Å². The smallest absolute Gasteiger partial charge is 0.335 e. The number of nitrogens with one attached hydrogen (secondary N) is 1. The van der Waals surface area contributed by atoms with Crippen molar-refractivity contribution >= 4 is 16.0 Å². The number of hydrogen-bond donors (Lipinski definition) is 1. The maximum absolute atomic E-state index is 11.6. The van der Waals surface area contributed by atoms with Gasteiger partial charge in [-0.2, -0.15) is 0 Å². The van der Waals surface area contributed by atoms with Crippen LogP contribution >= 0.6 is 0 Å². The number of ether oxygens (including phenoxy) is 2. The molecule has 1 aliphatic rings. The van der Waals surface area contributed by atoms with Crippen molar-refractivity contribution in [1.82, 2.24) is 4.72 Å². The van der Waals surface area contributed by atoms with Crippen LogP contribution in [0.15, 0.2) is 11.6 Å². The van der Waals surface area contributed by atoms with Crippen LogP contribution in [0.25, 0.3) is 0 Å². The Bertz CT molecular complexity index is 387. The second-order valence-electron chi connectivity index (χ2n) is 3.16. The lowest BCUT2D eigenvalue weighted by atomic mass is 10.1. The molecule has 0 aromatic carbocycles.